The van der Waals surface area contributed by atoms with E-state index in [9.17, 15) is 5.11 Å². The first-order chi connectivity index (χ1) is 10.6. The van der Waals surface area contributed by atoms with Gasteiger partial charge in [-0.1, -0.05) is 29.8 Å². The average Bonchev–Trinajstić information content (AvgIpc) is 2.80. The van der Waals surface area contributed by atoms with Gasteiger partial charge in [0.25, 0.3) is 0 Å². The third kappa shape index (κ3) is 2.82. The summed E-state index contributed by atoms with van der Waals surface area (Å²) in [5.74, 6) is 0.650. The SMILES string of the molecule is Cc1cccc(C(O)CNc2ncnc3c2c(Br)nn3C)c1. The van der Waals surface area contributed by atoms with Crippen molar-refractivity contribution in [1.82, 2.24) is 19.7 Å². The van der Waals surface area contributed by atoms with Crippen LogP contribution in [0.5, 0.6) is 0 Å². The van der Waals surface area contributed by atoms with E-state index >= 15 is 0 Å². The number of nitrogens with one attached hydrogen (secondary N) is 1. The van der Waals surface area contributed by atoms with E-state index in [1.807, 2.05) is 38.2 Å². The molecule has 0 saturated heterocycles. The topological polar surface area (TPSA) is 75.9 Å². The molecule has 3 aromatic rings. The molecule has 6 nitrogen and oxygen atoms in total. The number of aliphatic hydroxyl groups is 1. The number of anilines is 1. The van der Waals surface area contributed by atoms with Crippen LogP contribution in [-0.2, 0) is 7.05 Å². The second-order valence-corrected chi connectivity index (χ2v) is 5.90. The van der Waals surface area contributed by atoms with Gasteiger partial charge in [-0.05, 0) is 28.4 Å². The van der Waals surface area contributed by atoms with Crippen molar-refractivity contribution in [2.24, 2.45) is 7.05 Å². The number of benzene rings is 1. The molecule has 0 aliphatic rings. The fraction of sp³-hybridized carbons (Fsp3) is 0.267. The Morgan fingerprint density at radius 2 is 2.18 bits per heavy atom. The Labute approximate surface area is 136 Å². The van der Waals surface area contributed by atoms with Crippen LogP contribution in [0.3, 0.4) is 0 Å². The maximum atomic E-state index is 10.3. The van der Waals surface area contributed by atoms with Crippen molar-refractivity contribution in [2.75, 3.05) is 11.9 Å². The summed E-state index contributed by atoms with van der Waals surface area (Å²) in [6, 6.07) is 7.83. The number of nitrogens with zero attached hydrogens (tertiary/aromatic N) is 4. The highest BCUT2D eigenvalue weighted by Gasteiger charge is 2.14. The number of aliphatic hydroxyl groups excluding tert-OH is 1. The van der Waals surface area contributed by atoms with Crippen LogP contribution in [-0.4, -0.2) is 31.4 Å². The van der Waals surface area contributed by atoms with Gasteiger partial charge in [0.2, 0.25) is 0 Å². The molecule has 0 saturated carbocycles. The minimum atomic E-state index is -0.611. The molecule has 0 aliphatic heterocycles. The molecule has 0 fully saturated rings. The van der Waals surface area contributed by atoms with E-state index in [2.05, 4.69) is 36.3 Å². The summed E-state index contributed by atoms with van der Waals surface area (Å²) >= 11 is 3.42. The lowest BCUT2D eigenvalue weighted by atomic mass is 10.1. The van der Waals surface area contributed by atoms with Crippen LogP contribution in [0.15, 0.2) is 35.2 Å². The largest absolute Gasteiger partial charge is 0.387 e. The molecular weight excluding hydrogens is 346 g/mol. The summed E-state index contributed by atoms with van der Waals surface area (Å²) < 4.78 is 2.36. The van der Waals surface area contributed by atoms with Crippen molar-refractivity contribution < 1.29 is 5.11 Å². The number of rotatable bonds is 4. The predicted molar refractivity (Wildman–Crippen MR) is 88.6 cm³/mol. The van der Waals surface area contributed by atoms with Crippen LogP contribution in [0.2, 0.25) is 0 Å². The lowest BCUT2D eigenvalue weighted by Gasteiger charge is -2.13. The lowest BCUT2D eigenvalue weighted by Crippen LogP contribution is -2.13. The minimum Gasteiger partial charge on any atom is -0.387 e. The van der Waals surface area contributed by atoms with Gasteiger partial charge >= 0.3 is 0 Å². The molecule has 1 aromatic carbocycles. The Bertz CT molecular complexity index is 817. The number of aromatic nitrogens is 4. The van der Waals surface area contributed by atoms with Gasteiger partial charge in [0, 0.05) is 13.6 Å². The smallest absolute Gasteiger partial charge is 0.164 e. The zero-order valence-corrected chi connectivity index (χ0v) is 13.9. The maximum absolute atomic E-state index is 10.3. The Kier molecular flexibility index (Phi) is 4.08. The molecule has 22 heavy (non-hydrogen) atoms. The molecule has 2 heterocycles. The molecule has 2 aromatic heterocycles. The average molecular weight is 362 g/mol. The highest BCUT2D eigenvalue weighted by molar-refractivity contribution is 9.10. The summed E-state index contributed by atoms with van der Waals surface area (Å²) in [6.07, 6.45) is 0.873. The summed E-state index contributed by atoms with van der Waals surface area (Å²) in [5.41, 5.74) is 2.73. The Morgan fingerprint density at radius 1 is 1.36 bits per heavy atom. The van der Waals surface area contributed by atoms with Gasteiger partial charge in [-0.15, -0.1) is 0 Å². The van der Waals surface area contributed by atoms with Crippen molar-refractivity contribution >= 4 is 32.8 Å². The number of hydrogen-bond donors (Lipinski definition) is 2. The van der Waals surface area contributed by atoms with E-state index in [1.165, 1.54) is 6.33 Å². The number of fused-ring (bicyclic) bond motifs is 1. The number of hydrogen-bond acceptors (Lipinski definition) is 5. The molecule has 0 radical (unpaired) electrons. The molecule has 7 heteroatoms. The van der Waals surface area contributed by atoms with E-state index < -0.39 is 6.10 Å². The fourth-order valence-corrected chi connectivity index (χ4v) is 2.97. The molecule has 114 valence electrons. The molecule has 2 N–H and O–H groups in total. The first-order valence-corrected chi connectivity index (χ1v) is 7.67. The Hall–Kier alpha value is -1.99. The van der Waals surface area contributed by atoms with E-state index in [-0.39, 0.29) is 0 Å². The molecule has 0 spiro atoms. The van der Waals surface area contributed by atoms with Gasteiger partial charge in [0.15, 0.2) is 5.65 Å². The van der Waals surface area contributed by atoms with Gasteiger partial charge in [0.05, 0.1) is 11.5 Å². The van der Waals surface area contributed by atoms with Crippen LogP contribution in [0.1, 0.15) is 17.2 Å². The van der Waals surface area contributed by atoms with E-state index in [0.29, 0.717) is 17.0 Å². The molecular formula is C15H16BrN5O. The molecule has 0 aliphatic carbocycles. The zero-order chi connectivity index (χ0) is 15.7. The third-order valence-corrected chi connectivity index (χ3v) is 4.02. The molecule has 0 bridgehead atoms. The van der Waals surface area contributed by atoms with Gasteiger partial charge in [0.1, 0.15) is 16.7 Å². The standard InChI is InChI=1S/C15H16BrN5O/c1-9-4-3-5-10(6-9)11(22)7-17-14-12-13(16)20-21(2)15(12)19-8-18-14/h3-6,8,11,22H,7H2,1-2H3,(H,17,18,19). The van der Waals surface area contributed by atoms with Crippen LogP contribution in [0, 0.1) is 6.92 Å². The Balaban J connectivity index is 1.82. The second-order valence-electron chi connectivity index (χ2n) is 5.15. The first-order valence-electron chi connectivity index (χ1n) is 6.88. The Morgan fingerprint density at radius 3 is 2.95 bits per heavy atom. The van der Waals surface area contributed by atoms with Crippen molar-refractivity contribution in [3.05, 3.63) is 46.3 Å². The van der Waals surface area contributed by atoms with Crippen molar-refractivity contribution in [3.63, 3.8) is 0 Å². The van der Waals surface area contributed by atoms with Crippen LogP contribution >= 0.6 is 15.9 Å². The summed E-state index contributed by atoms with van der Waals surface area (Å²) in [6.45, 7) is 2.36. The number of aryl methyl sites for hydroxylation is 2. The zero-order valence-electron chi connectivity index (χ0n) is 12.3. The first kappa shape index (κ1) is 14.9. The second kappa shape index (κ2) is 6.02. The van der Waals surface area contributed by atoms with Crippen molar-refractivity contribution in [1.29, 1.82) is 0 Å². The van der Waals surface area contributed by atoms with Crippen LogP contribution in [0.4, 0.5) is 5.82 Å². The van der Waals surface area contributed by atoms with E-state index in [0.717, 1.165) is 22.2 Å². The van der Waals surface area contributed by atoms with Gasteiger partial charge in [-0.2, -0.15) is 5.10 Å². The van der Waals surface area contributed by atoms with E-state index in [1.54, 1.807) is 4.68 Å². The highest BCUT2D eigenvalue weighted by atomic mass is 79.9. The minimum absolute atomic E-state index is 0.358. The summed E-state index contributed by atoms with van der Waals surface area (Å²) in [7, 11) is 1.82. The molecule has 0 amide bonds. The quantitative estimate of drug-likeness (QED) is 0.746. The van der Waals surface area contributed by atoms with Gasteiger partial charge in [-0.3, -0.25) is 0 Å². The third-order valence-electron chi connectivity index (χ3n) is 3.47. The van der Waals surface area contributed by atoms with Crippen molar-refractivity contribution in [2.45, 2.75) is 13.0 Å². The monoisotopic (exact) mass is 361 g/mol. The van der Waals surface area contributed by atoms with Gasteiger partial charge < -0.3 is 10.4 Å². The fourth-order valence-electron chi connectivity index (χ4n) is 2.36. The van der Waals surface area contributed by atoms with Crippen LogP contribution < -0.4 is 5.32 Å². The predicted octanol–water partition coefficient (Wildman–Crippen LogP) is 2.58. The van der Waals surface area contributed by atoms with Gasteiger partial charge in [-0.25, -0.2) is 14.6 Å². The van der Waals surface area contributed by atoms with Crippen LogP contribution in [0.25, 0.3) is 11.0 Å². The molecule has 1 unspecified atom stereocenters. The van der Waals surface area contributed by atoms with Crippen molar-refractivity contribution in [3.8, 4) is 0 Å². The molecule has 1 atom stereocenters. The van der Waals surface area contributed by atoms with E-state index in [4.69, 9.17) is 0 Å². The number of halogens is 1. The highest BCUT2D eigenvalue weighted by Crippen LogP contribution is 2.27. The maximum Gasteiger partial charge on any atom is 0.164 e. The summed E-state index contributed by atoms with van der Waals surface area (Å²) in [5, 5.41) is 18.6. The normalized spacial score (nSPS) is 12.5. The summed E-state index contributed by atoms with van der Waals surface area (Å²) in [4.78, 5) is 8.46. The molecule has 3 rings (SSSR count). The lowest BCUT2D eigenvalue weighted by molar-refractivity contribution is 0.191.